The quantitative estimate of drug-likeness (QED) is 0.919. The molecule has 1 aromatic carbocycles. The van der Waals surface area contributed by atoms with Gasteiger partial charge in [0.05, 0.1) is 16.7 Å². The van der Waals surface area contributed by atoms with Crippen LogP contribution in [0.15, 0.2) is 53.7 Å². The third-order valence-corrected chi connectivity index (χ3v) is 4.91. The highest BCUT2D eigenvalue weighted by atomic mass is 32.2. The summed E-state index contributed by atoms with van der Waals surface area (Å²) in [6.45, 7) is 3.68. The first-order valence-corrected chi connectivity index (χ1v) is 8.17. The molecule has 0 aliphatic heterocycles. The highest BCUT2D eigenvalue weighted by molar-refractivity contribution is 7.91. The summed E-state index contributed by atoms with van der Waals surface area (Å²) in [5.74, 6) is 0.117. The minimum absolute atomic E-state index is 0.109. The van der Waals surface area contributed by atoms with Crippen LogP contribution in [-0.2, 0) is 9.84 Å². The van der Waals surface area contributed by atoms with Gasteiger partial charge < -0.3 is 5.32 Å². The van der Waals surface area contributed by atoms with Crippen LogP contribution in [0.25, 0.3) is 0 Å². The molecule has 1 N–H and O–H groups in total. The molecule has 1 unspecified atom stereocenters. The fourth-order valence-electron chi connectivity index (χ4n) is 1.89. The Bertz CT molecular complexity index is 652. The smallest absolute Gasteiger partial charge is 0.178 e. The maximum atomic E-state index is 11.7. The lowest BCUT2D eigenvalue weighted by molar-refractivity contribution is 0.597. The van der Waals surface area contributed by atoms with E-state index in [9.17, 15) is 8.42 Å². The van der Waals surface area contributed by atoms with Crippen LogP contribution in [0, 0.1) is 0 Å². The zero-order valence-electron chi connectivity index (χ0n) is 11.6. The Hall–Kier alpha value is -1.88. The third-order valence-electron chi connectivity index (χ3n) is 3.16. The largest absolute Gasteiger partial charge is 0.378 e. The average molecular weight is 290 g/mol. The van der Waals surface area contributed by atoms with E-state index in [0.717, 1.165) is 11.3 Å². The van der Waals surface area contributed by atoms with Crippen LogP contribution in [0.4, 0.5) is 5.69 Å². The van der Waals surface area contributed by atoms with Gasteiger partial charge in [-0.1, -0.05) is 13.0 Å². The zero-order valence-corrected chi connectivity index (χ0v) is 12.4. The number of hydrogen-bond acceptors (Lipinski definition) is 4. The van der Waals surface area contributed by atoms with Crippen LogP contribution in [0.2, 0.25) is 0 Å². The molecule has 0 spiro atoms. The fraction of sp³-hybridized carbons (Fsp3) is 0.267. The van der Waals surface area contributed by atoms with Crippen molar-refractivity contribution in [1.82, 2.24) is 4.98 Å². The maximum absolute atomic E-state index is 11.7. The summed E-state index contributed by atoms with van der Waals surface area (Å²) in [6.07, 6.45) is 3.55. The monoisotopic (exact) mass is 290 g/mol. The Kier molecular flexibility index (Phi) is 4.39. The molecular weight excluding hydrogens is 272 g/mol. The molecule has 2 rings (SSSR count). The Morgan fingerprint density at radius 3 is 2.45 bits per heavy atom. The van der Waals surface area contributed by atoms with E-state index in [-0.39, 0.29) is 11.8 Å². The number of aromatic nitrogens is 1. The van der Waals surface area contributed by atoms with E-state index in [1.165, 1.54) is 0 Å². The normalized spacial score (nSPS) is 12.9. The molecule has 0 saturated carbocycles. The van der Waals surface area contributed by atoms with Crippen LogP contribution in [0.3, 0.4) is 0 Å². The van der Waals surface area contributed by atoms with Crippen LogP contribution in [0.1, 0.15) is 25.5 Å². The van der Waals surface area contributed by atoms with Crippen molar-refractivity contribution in [2.45, 2.75) is 24.8 Å². The minimum atomic E-state index is -3.13. The van der Waals surface area contributed by atoms with E-state index in [0.29, 0.717) is 4.90 Å². The van der Waals surface area contributed by atoms with E-state index in [2.05, 4.69) is 10.3 Å². The summed E-state index contributed by atoms with van der Waals surface area (Å²) in [6, 6.07) is 10.8. The van der Waals surface area contributed by atoms with Crippen LogP contribution in [-0.4, -0.2) is 19.2 Å². The summed E-state index contributed by atoms with van der Waals surface area (Å²) in [7, 11) is -3.13. The van der Waals surface area contributed by atoms with E-state index < -0.39 is 9.84 Å². The molecule has 0 bridgehead atoms. The number of hydrogen-bond donors (Lipinski definition) is 1. The van der Waals surface area contributed by atoms with Crippen LogP contribution in [0.5, 0.6) is 0 Å². The van der Waals surface area contributed by atoms with Gasteiger partial charge in [0, 0.05) is 18.1 Å². The molecule has 0 aliphatic carbocycles. The van der Waals surface area contributed by atoms with Gasteiger partial charge in [-0.15, -0.1) is 0 Å². The van der Waals surface area contributed by atoms with E-state index >= 15 is 0 Å². The topological polar surface area (TPSA) is 59.1 Å². The predicted molar refractivity (Wildman–Crippen MR) is 80.4 cm³/mol. The lowest BCUT2D eigenvalue weighted by Crippen LogP contribution is -2.07. The van der Waals surface area contributed by atoms with Gasteiger partial charge in [0.25, 0.3) is 0 Å². The number of nitrogens with one attached hydrogen (secondary N) is 1. The van der Waals surface area contributed by atoms with Crippen LogP contribution >= 0.6 is 0 Å². The molecule has 20 heavy (non-hydrogen) atoms. The number of pyridine rings is 1. The third kappa shape index (κ3) is 3.36. The molecule has 1 atom stereocenters. The van der Waals surface area contributed by atoms with Gasteiger partial charge in [-0.25, -0.2) is 8.42 Å². The van der Waals surface area contributed by atoms with Gasteiger partial charge in [0.1, 0.15) is 0 Å². The minimum Gasteiger partial charge on any atom is -0.378 e. The number of nitrogens with zero attached hydrogens (tertiary/aromatic N) is 1. The van der Waals surface area contributed by atoms with Gasteiger partial charge in [0.2, 0.25) is 0 Å². The van der Waals surface area contributed by atoms with Gasteiger partial charge in [0.15, 0.2) is 9.84 Å². The van der Waals surface area contributed by atoms with Crippen molar-refractivity contribution in [1.29, 1.82) is 0 Å². The molecule has 1 aromatic heterocycles. The van der Waals surface area contributed by atoms with Crippen molar-refractivity contribution in [3.05, 3.63) is 54.4 Å². The molecule has 4 nitrogen and oxygen atoms in total. The summed E-state index contributed by atoms with van der Waals surface area (Å²) >= 11 is 0. The molecule has 5 heteroatoms. The van der Waals surface area contributed by atoms with Gasteiger partial charge in [-0.05, 0) is 42.8 Å². The summed E-state index contributed by atoms with van der Waals surface area (Å²) < 4.78 is 23.5. The van der Waals surface area contributed by atoms with Crippen molar-refractivity contribution >= 4 is 15.5 Å². The van der Waals surface area contributed by atoms with Gasteiger partial charge in [-0.2, -0.15) is 0 Å². The molecular formula is C15H18N2O2S. The molecule has 0 radical (unpaired) electrons. The molecule has 2 aromatic rings. The predicted octanol–water partition coefficient (Wildman–Crippen LogP) is 3.05. The number of sulfone groups is 1. The first kappa shape index (κ1) is 14.5. The Morgan fingerprint density at radius 2 is 1.90 bits per heavy atom. The van der Waals surface area contributed by atoms with Crippen molar-refractivity contribution in [2.24, 2.45) is 0 Å². The Balaban J connectivity index is 2.12. The van der Waals surface area contributed by atoms with Crippen molar-refractivity contribution < 1.29 is 8.42 Å². The van der Waals surface area contributed by atoms with Crippen molar-refractivity contribution in [3.8, 4) is 0 Å². The standard InChI is InChI=1S/C15H18N2O2S/c1-3-20(18,19)15-8-6-14(7-9-15)17-12(2)13-5-4-10-16-11-13/h4-12,17H,3H2,1-2H3. The highest BCUT2D eigenvalue weighted by Gasteiger charge is 2.11. The first-order chi connectivity index (χ1) is 9.53. The molecule has 0 aliphatic rings. The second-order valence-electron chi connectivity index (χ2n) is 4.58. The SMILES string of the molecule is CCS(=O)(=O)c1ccc(NC(C)c2cccnc2)cc1. The lowest BCUT2D eigenvalue weighted by atomic mass is 10.1. The fourth-order valence-corrected chi connectivity index (χ4v) is 2.77. The Labute approximate surface area is 119 Å². The van der Waals surface area contributed by atoms with Gasteiger partial charge >= 0.3 is 0 Å². The second kappa shape index (κ2) is 6.05. The molecule has 106 valence electrons. The van der Waals surface area contributed by atoms with Crippen molar-refractivity contribution in [2.75, 3.05) is 11.1 Å². The zero-order chi connectivity index (χ0) is 14.6. The van der Waals surface area contributed by atoms with E-state index in [1.807, 2.05) is 25.3 Å². The average Bonchev–Trinajstić information content (AvgIpc) is 2.48. The number of rotatable bonds is 5. The first-order valence-electron chi connectivity index (χ1n) is 6.52. The number of anilines is 1. The Morgan fingerprint density at radius 1 is 1.20 bits per heavy atom. The summed E-state index contributed by atoms with van der Waals surface area (Å²) in [5.41, 5.74) is 1.97. The highest BCUT2D eigenvalue weighted by Crippen LogP contribution is 2.20. The van der Waals surface area contributed by atoms with E-state index in [1.54, 1.807) is 37.4 Å². The molecule has 0 saturated heterocycles. The summed E-state index contributed by atoms with van der Waals surface area (Å²) in [4.78, 5) is 4.45. The number of benzene rings is 1. The molecule has 1 heterocycles. The van der Waals surface area contributed by atoms with Gasteiger partial charge in [-0.3, -0.25) is 4.98 Å². The molecule has 0 amide bonds. The maximum Gasteiger partial charge on any atom is 0.178 e. The van der Waals surface area contributed by atoms with Crippen molar-refractivity contribution in [3.63, 3.8) is 0 Å². The van der Waals surface area contributed by atoms with Crippen LogP contribution < -0.4 is 5.32 Å². The lowest BCUT2D eigenvalue weighted by Gasteiger charge is -2.15. The molecule has 0 fully saturated rings. The second-order valence-corrected chi connectivity index (χ2v) is 6.86. The summed E-state index contributed by atoms with van der Waals surface area (Å²) in [5, 5.41) is 3.32. The van der Waals surface area contributed by atoms with E-state index in [4.69, 9.17) is 0 Å².